The largest absolute Gasteiger partial charge is 0.452 e. The van der Waals surface area contributed by atoms with Gasteiger partial charge in [-0.25, -0.2) is 4.79 Å². The number of nitrogens with one attached hydrogen (secondary N) is 1. The van der Waals surface area contributed by atoms with Gasteiger partial charge in [0.1, 0.15) is 0 Å². The number of allylic oxidation sites excluding steroid dienone is 1. The highest BCUT2D eigenvalue weighted by molar-refractivity contribution is 5.93. The van der Waals surface area contributed by atoms with Gasteiger partial charge in [0.25, 0.3) is 5.91 Å². The van der Waals surface area contributed by atoms with E-state index in [1.165, 1.54) is 24.6 Å². The Hall–Kier alpha value is -2.30. The van der Waals surface area contributed by atoms with Gasteiger partial charge >= 0.3 is 5.97 Å². The first-order valence-corrected chi connectivity index (χ1v) is 7.67. The predicted molar refractivity (Wildman–Crippen MR) is 86.9 cm³/mol. The zero-order chi connectivity index (χ0) is 15.8. The highest BCUT2D eigenvalue weighted by atomic mass is 16.5. The van der Waals surface area contributed by atoms with E-state index in [2.05, 4.69) is 10.2 Å². The molecule has 1 amide bonds. The number of benzene rings is 1. The summed E-state index contributed by atoms with van der Waals surface area (Å²) in [6.07, 6.45) is 6.24. The van der Waals surface area contributed by atoms with Gasteiger partial charge in [-0.3, -0.25) is 4.79 Å². The summed E-state index contributed by atoms with van der Waals surface area (Å²) in [5.74, 6) is -0.839. The first-order valence-electron chi connectivity index (χ1n) is 7.67. The molecule has 0 atom stereocenters. The lowest BCUT2D eigenvalue weighted by Crippen LogP contribution is -2.20. The van der Waals surface area contributed by atoms with Crippen molar-refractivity contribution in [2.75, 3.05) is 29.9 Å². The number of ether oxygens (including phenoxy) is 1. The van der Waals surface area contributed by atoms with Crippen LogP contribution in [-0.4, -0.2) is 31.6 Å². The quantitative estimate of drug-likeness (QED) is 0.648. The van der Waals surface area contributed by atoms with E-state index in [-0.39, 0.29) is 12.5 Å². The maximum atomic E-state index is 11.7. The molecule has 5 heteroatoms. The van der Waals surface area contributed by atoms with Gasteiger partial charge < -0.3 is 15.0 Å². The summed E-state index contributed by atoms with van der Waals surface area (Å²) < 4.78 is 4.84. The molecule has 1 saturated heterocycles. The van der Waals surface area contributed by atoms with E-state index in [0.29, 0.717) is 5.69 Å². The molecule has 2 rings (SSSR count). The summed E-state index contributed by atoms with van der Waals surface area (Å²) >= 11 is 0. The van der Waals surface area contributed by atoms with Crippen molar-refractivity contribution in [2.45, 2.75) is 26.2 Å². The Bertz CT molecular complexity index is 531. The molecular weight excluding hydrogens is 280 g/mol. The Morgan fingerprint density at radius 2 is 1.91 bits per heavy atom. The van der Waals surface area contributed by atoms with E-state index in [4.69, 9.17) is 4.74 Å². The first kappa shape index (κ1) is 16.1. The maximum Gasteiger partial charge on any atom is 0.330 e. The number of amides is 1. The van der Waals surface area contributed by atoms with Crippen molar-refractivity contribution >= 4 is 23.3 Å². The normalized spacial score (nSPS) is 14.3. The number of carbonyl (C=O) groups is 2. The SMILES string of the molecule is CC/C=C/C(=O)OCC(=O)Nc1ccc(N2CCCC2)cc1. The topological polar surface area (TPSA) is 58.6 Å². The average molecular weight is 302 g/mol. The molecule has 0 saturated carbocycles. The molecule has 0 radical (unpaired) electrons. The predicted octanol–water partition coefficient (Wildman–Crippen LogP) is 2.73. The smallest absolute Gasteiger partial charge is 0.330 e. The zero-order valence-electron chi connectivity index (χ0n) is 12.9. The minimum absolute atomic E-state index is 0.277. The first-order chi connectivity index (χ1) is 10.7. The highest BCUT2D eigenvalue weighted by Gasteiger charge is 2.12. The van der Waals surface area contributed by atoms with E-state index in [1.54, 1.807) is 6.08 Å². The van der Waals surface area contributed by atoms with Gasteiger partial charge in [-0.2, -0.15) is 0 Å². The molecule has 1 heterocycles. The van der Waals surface area contributed by atoms with Crippen molar-refractivity contribution in [3.63, 3.8) is 0 Å². The number of esters is 1. The van der Waals surface area contributed by atoms with Gasteiger partial charge in [-0.15, -0.1) is 0 Å². The molecular formula is C17H22N2O3. The fourth-order valence-electron chi connectivity index (χ4n) is 2.33. The van der Waals surface area contributed by atoms with Crippen LogP contribution in [0.3, 0.4) is 0 Å². The van der Waals surface area contributed by atoms with E-state index in [9.17, 15) is 9.59 Å². The van der Waals surface area contributed by atoms with Crippen LogP contribution in [0.4, 0.5) is 11.4 Å². The summed E-state index contributed by atoms with van der Waals surface area (Å²) in [6, 6.07) is 7.72. The number of carbonyl (C=O) groups excluding carboxylic acids is 2. The van der Waals surface area contributed by atoms with Crippen molar-refractivity contribution in [2.24, 2.45) is 0 Å². The minimum Gasteiger partial charge on any atom is -0.452 e. The molecule has 1 aromatic rings. The summed E-state index contributed by atoms with van der Waals surface area (Å²) in [4.78, 5) is 25.3. The third-order valence-corrected chi connectivity index (χ3v) is 3.46. The van der Waals surface area contributed by atoms with E-state index >= 15 is 0 Å². The van der Waals surface area contributed by atoms with Crippen LogP contribution >= 0.6 is 0 Å². The summed E-state index contributed by atoms with van der Waals surface area (Å²) in [5, 5.41) is 2.71. The van der Waals surface area contributed by atoms with Crippen molar-refractivity contribution < 1.29 is 14.3 Å². The van der Waals surface area contributed by atoms with Crippen molar-refractivity contribution in [3.8, 4) is 0 Å². The fourth-order valence-corrected chi connectivity index (χ4v) is 2.33. The van der Waals surface area contributed by atoms with Gasteiger partial charge in [0, 0.05) is 30.5 Å². The van der Waals surface area contributed by atoms with Gasteiger partial charge in [0.05, 0.1) is 0 Å². The molecule has 0 bridgehead atoms. The Kier molecular flexibility index (Phi) is 6.01. The lowest BCUT2D eigenvalue weighted by atomic mass is 10.2. The van der Waals surface area contributed by atoms with Crippen LogP contribution in [0.5, 0.6) is 0 Å². The van der Waals surface area contributed by atoms with Crippen LogP contribution < -0.4 is 10.2 Å². The van der Waals surface area contributed by atoms with Crippen LogP contribution in [0.15, 0.2) is 36.4 Å². The maximum absolute atomic E-state index is 11.7. The lowest BCUT2D eigenvalue weighted by molar-refractivity contribution is -0.142. The second kappa shape index (κ2) is 8.22. The molecule has 1 aliphatic heterocycles. The number of rotatable bonds is 6. The number of hydrogen-bond donors (Lipinski definition) is 1. The minimum atomic E-state index is -0.499. The Balaban J connectivity index is 1.79. The third-order valence-electron chi connectivity index (χ3n) is 3.46. The van der Waals surface area contributed by atoms with Crippen LogP contribution in [-0.2, 0) is 14.3 Å². The Morgan fingerprint density at radius 1 is 1.23 bits per heavy atom. The molecule has 5 nitrogen and oxygen atoms in total. The number of anilines is 2. The molecule has 0 spiro atoms. The number of nitrogens with zero attached hydrogens (tertiary/aromatic N) is 1. The van der Waals surface area contributed by atoms with E-state index < -0.39 is 5.97 Å². The van der Waals surface area contributed by atoms with E-state index in [0.717, 1.165) is 19.5 Å². The second-order valence-electron chi connectivity index (χ2n) is 5.21. The van der Waals surface area contributed by atoms with Crippen LogP contribution in [0.25, 0.3) is 0 Å². The molecule has 1 aliphatic rings. The van der Waals surface area contributed by atoms with Crippen LogP contribution in [0.1, 0.15) is 26.2 Å². The molecule has 118 valence electrons. The zero-order valence-corrected chi connectivity index (χ0v) is 12.9. The van der Waals surface area contributed by atoms with Gasteiger partial charge in [0.15, 0.2) is 6.61 Å². The van der Waals surface area contributed by atoms with Crippen LogP contribution in [0.2, 0.25) is 0 Å². The second-order valence-corrected chi connectivity index (χ2v) is 5.21. The average Bonchev–Trinajstić information content (AvgIpc) is 3.06. The van der Waals surface area contributed by atoms with Gasteiger partial charge in [0.2, 0.25) is 0 Å². The summed E-state index contributed by atoms with van der Waals surface area (Å²) in [5.41, 5.74) is 1.87. The van der Waals surface area contributed by atoms with E-state index in [1.807, 2.05) is 31.2 Å². The summed E-state index contributed by atoms with van der Waals surface area (Å²) in [6.45, 7) is 3.82. The molecule has 22 heavy (non-hydrogen) atoms. The molecule has 0 aromatic heterocycles. The monoisotopic (exact) mass is 302 g/mol. The molecule has 0 unspecified atom stereocenters. The molecule has 1 fully saturated rings. The number of hydrogen-bond acceptors (Lipinski definition) is 4. The third kappa shape index (κ3) is 4.91. The molecule has 0 aliphatic carbocycles. The lowest BCUT2D eigenvalue weighted by Gasteiger charge is -2.17. The Labute approximate surface area is 130 Å². The van der Waals surface area contributed by atoms with Crippen molar-refractivity contribution in [1.82, 2.24) is 0 Å². The standard InChI is InChI=1S/C17H22N2O3/c1-2-3-6-17(21)22-13-16(20)18-14-7-9-15(10-8-14)19-11-4-5-12-19/h3,6-10H,2,4-5,11-13H2,1H3,(H,18,20)/b6-3+. The highest BCUT2D eigenvalue weighted by Crippen LogP contribution is 2.21. The molecule has 1 N–H and O–H groups in total. The molecule has 1 aromatic carbocycles. The van der Waals surface area contributed by atoms with Crippen molar-refractivity contribution in [1.29, 1.82) is 0 Å². The fraction of sp³-hybridized carbons (Fsp3) is 0.412. The van der Waals surface area contributed by atoms with Crippen LogP contribution in [0, 0.1) is 0 Å². The summed E-state index contributed by atoms with van der Waals surface area (Å²) in [7, 11) is 0. The van der Waals surface area contributed by atoms with Gasteiger partial charge in [-0.1, -0.05) is 13.0 Å². The Morgan fingerprint density at radius 3 is 2.55 bits per heavy atom. The van der Waals surface area contributed by atoms with Gasteiger partial charge in [-0.05, 0) is 43.5 Å². The van der Waals surface area contributed by atoms with Crippen molar-refractivity contribution in [3.05, 3.63) is 36.4 Å².